The zero-order chi connectivity index (χ0) is 26.1. The van der Waals surface area contributed by atoms with Gasteiger partial charge in [-0.15, -0.1) is 0 Å². The van der Waals surface area contributed by atoms with Crippen LogP contribution >= 0.6 is 0 Å². The number of fused-ring (bicyclic) bond motifs is 2. The van der Waals surface area contributed by atoms with Crippen LogP contribution in [0.15, 0.2) is 42.5 Å². The van der Waals surface area contributed by atoms with Gasteiger partial charge in [-0.3, -0.25) is 14.6 Å². The quantitative estimate of drug-likeness (QED) is 0.534. The lowest BCUT2D eigenvalue weighted by Gasteiger charge is -2.76. The van der Waals surface area contributed by atoms with E-state index in [-0.39, 0.29) is 23.2 Å². The van der Waals surface area contributed by atoms with Gasteiger partial charge in [0.15, 0.2) is 11.5 Å². The Morgan fingerprint density at radius 1 is 1.00 bits per heavy atom. The van der Waals surface area contributed by atoms with Crippen LogP contribution in [0.5, 0.6) is 11.5 Å². The molecular weight excluding hydrogens is 490 g/mol. The number of aliphatic hydroxyl groups is 1. The summed E-state index contributed by atoms with van der Waals surface area (Å²) in [6, 6.07) is 13.0. The number of piperidine rings is 3. The van der Waals surface area contributed by atoms with E-state index in [1.54, 1.807) is 6.07 Å². The second kappa shape index (κ2) is 7.56. The zero-order valence-electron chi connectivity index (χ0n) is 22.3. The second-order valence-electron chi connectivity index (χ2n) is 13.6. The third-order valence-electron chi connectivity index (χ3n) is 11.6. The molecule has 10 rings (SSSR count). The molecule has 4 heterocycles. The van der Waals surface area contributed by atoms with Crippen LogP contribution in [-0.2, 0) is 16.6 Å². The van der Waals surface area contributed by atoms with E-state index in [0.717, 1.165) is 56.1 Å². The fourth-order valence-electron chi connectivity index (χ4n) is 9.85. The molecule has 204 valence electrons. The molecule has 3 saturated heterocycles. The van der Waals surface area contributed by atoms with Gasteiger partial charge < -0.3 is 20.3 Å². The topological polar surface area (TPSA) is 85.3 Å². The molecule has 8 aliphatic rings. The number of carbonyl (C=O) groups excluding carboxylic acids is 1. The number of para-hydroxylation sites is 1. The lowest BCUT2D eigenvalue weighted by Crippen LogP contribution is -2.92. The molecule has 0 aromatic heterocycles. The molecule has 0 unspecified atom stereocenters. The van der Waals surface area contributed by atoms with Crippen LogP contribution in [-0.4, -0.2) is 74.9 Å². The molecule has 4 bridgehead atoms. The molecule has 1 amide bonds. The van der Waals surface area contributed by atoms with Crippen molar-refractivity contribution in [3.05, 3.63) is 53.6 Å². The average Bonchev–Trinajstić information content (AvgIpc) is 3.86. The lowest BCUT2D eigenvalue weighted by molar-refractivity contribution is -0.286. The van der Waals surface area contributed by atoms with Crippen molar-refractivity contribution in [2.75, 3.05) is 25.0 Å². The Morgan fingerprint density at radius 2 is 1.77 bits per heavy atom. The molecule has 4 aliphatic carbocycles. The summed E-state index contributed by atoms with van der Waals surface area (Å²) in [4.78, 5) is 19.6. The summed E-state index contributed by atoms with van der Waals surface area (Å²) < 4.78 is 6.74. The maximum atomic E-state index is 14.3. The van der Waals surface area contributed by atoms with E-state index >= 15 is 0 Å². The molecule has 6 atom stereocenters. The van der Waals surface area contributed by atoms with Gasteiger partial charge in [0.05, 0.1) is 11.0 Å². The van der Waals surface area contributed by atoms with Crippen molar-refractivity contribution < 1.29 is 19.7 Å². The highest BCUT2D eigenvalue weighted by atomic mass is 16.5. The van der Waals surface area contributed by atoms with E-state index in [2.05, 4.69) is 21.2 Å². The number of anilines is 1. The molecule has 3 N–H and O–H groups in total. The molecule has 3 saturated carbocycles. The maximum absolute atomic E-state index is 14.3. The number of amides is 1. The first-order chi connectivity index (χ1) is 19.0. The highest BCUT2D eigenvalue weighted by Crippen LogP contribution is 2.72. The van der Waals surface area contributed by atoms with Crippen LogP contribution in [0.3, 0.4) is 0 Å². The fourth-order valence-corrected chi connectivity index (χ4v) is 9.85. The van der Waals surface area contributed by atoms with Crippen molar-refractivity contribution in [2.24, 2.45) is 11.8 Å². The third kappa shape index (κ3) is 2.82. The standard InChI is InChI=1S/C32H37N3O4/c36-23-11-10-21-16-24-32-13-12-31(38,27(35(32)18-20-8-9-20)28(37)33-22-4-2-1-3-5-22)29-30(32,25(21)26(23)39-29)14-15-34(24)17-19-6-7-19/h1-5,10-11,19-20,24,27,29,36,38H,6-9,12-18H2,(H,33,37)/t24-,27-,29-,30+,31-,32-/m1/s1. The van der Waals surface area contributed by atoms with Gasteiger partial charge in [0.25, 0.3) is 0 Å². The number of hydrogen-bond acceptors (Lipinski definition) is 6. The van der Waals surface area contributed by atoms with Crippen LogP contribution in [0, 0.1) is 11.8 Å². The number of nitrogens with zero attached hydrogens (tertiary/aromatic N) is 2. The first-order valence-corrected chi connectivity index (χ1v) is 15.1. The number of likely N-dealkylation sites (tertiary alicyclic amines) is 1. The Morgan fingerprint density at radius 3 is 2.54 bits per heavy atom. The van der Waals surface area contributed by atoms with Gasteiger partial charge >= 0.3 is 0 Å². The number of aromatic hydroxyl groups is 1. The molecule has 7 nitrogen and oxygen atoms in total. The number of ether oxygens (including phenoxy) is 1. The van der Waals surface area contributed by atoms with Crippen LogP contribution in [0.1, 0.15) is 56.1 Å². The molecule has 0 radical (unpaired) electrons. The smallest absolute Gasteiger partial charge is 0.244 e. The van der Waals surface area contributed by atoms with Crippen molar-refractivity contribution >= 4 is 11.6 Å². The van der Waals surface area contributed by atoms with Crippen LogP contribution in [0.4, 0.5) is 5.69 Å². The number of rotatable bonds is 6. The first-order valence-electron chi connectivity index (χ1n) is 15.1. The van der Waals surface area contributed by atoms with Gasteiger partial charge in [-0.2, -0.15) is 0 Å². The van der Waals surface area contributed by atoms with E-state index in [1.165, 1.54) is 31.2 Å². The van der Waals surface area contributed by atoms with Gasteiger partial charge in [0.1, 0.15) is 17.7 Å². The largest absolute Gasteiger partial charge is 0.504 e. The highest BCUT2D eigenvalue weighted by molar-refractivity contribution is 5.96. The van der Waals surface area contributed by atoms with Gasteiger partial charge in [0, 0.05) is 30.4 Å². The number of phenolic OH excluding ortho intramolecular Hbond substituents is 1. The number of hydrogen-bond donors (Lipinski definition) is 3. The summed E-state index contributed by atoms with van der Waals surface area (Å²) in [7, 11) is 0. The number of carbonyl (C=O) groups is 1. The Balaban J connectivity index is 1.25. The van der Waals surface area contributed by atoms with Crippen LogP contribution in [0.2, 0.25) is 0 Å². The summed E-state index contributed by atoms with van der Waals surface area (Å²) in [5, 5.41) is 27.0. The average molecular weight is 528 g/mol. The summed E-state index contributed by atoms with van der Waals surface area (Å²) in [5.41, 5.74) is 1.05. The van der Waals surface area contributed by atoms with E-state index < -0.39 is 23.2 Å². The van der Waals surface area contributed by atoms with Crippen molar-refractivity contribution in [3.63, 3.8) is 0 Å². The molecular formula is C32H37N3O4. The molecule has 2 spiro atoms. The summed E-state index contributed by atoms with van der Waals surface area (Å²) in [6.07, 6.45) is 7.63. The van der Waals surface area contributed by atoms with E-state index in [0.29, 0.717) is 18.1 Å². The lowest BCUT2D eigenvalue weighted by atomic mass is 9.40. The second-order valence-corrected chi connectivity index (χ2v) is 13.6. The molecule has 39 heavy (non-hydrogen) atoms. The number of benzene rings is 2. The SMILES string of the molecule is O=C(Nc1ccccc1)[C@H]1N(CC2CC2)[C@@]23CC[C@]1(O)[C@@H]1Oc4c(O)ccc5c4[C@@]12CCN(CC1CC1)[C@@H]3C5. The van der Waals surface area contributed by atoms with Gasteiger partial charge in [-0.05, 0) is 93.5 Å². The minimum atomic E-state index is -1.35. The summed E-state index contributed by atoms with van der Waals surface area (Å²) >= 11 is 0. The van der Waals surface area contributed by atoms with Crippen molar-refractivity contribution in [3.8, 4) is 11.5 Å². The van der Waals surface area contributed by atoms with Gasteiger partial charge in [-0.25, -0.2) is 0 Å². The van der Waals surface area contributed by atoms with Crippen molar-refractivity contribution in [1.29, 1.82) is 0 Å². The Labute approximate surface area is 229 Å². The van der Waals surface area contributed by atoms with Crippen molar-refractivity contribution in [1.82, 2.24) is 9.80 Å². The normalized spacial score (nSPS) is 39.8. The Bertz CT molecular complexity index is 1370. The Kier molecular flexibility index (Phi) is 4.49. The predicted molar refractivity (Wildman–Crippen MR) is 146 cm³/mol. The first kappa shape index (κ1) is 23.1. The Hall–Kier alpha value is -2.61. The number of phenols is 1. The highest BCUT2D eigenvalue weighted by Gasteiger charge is 2.83. The third-order valence-corrected chi connectivity index (χ3v) is 11.6. The van der Waals surface area contributed by atoms with E-state index in [1.807, 2.05) is 30.3 Å². The molecule has 2 aromatic carbocycles. The van der Waals surface area contributed by atoms with E-state index in [9.17, 15) is 15.0 Å². The minimum Gasteiger partial charge on any atom is -0.504 e. The van der Waals surface area contributed by atoms with Crippen molar-refractivity contribution in [2.45, 2.75) is 86.1 Å². The van der Waals surface area contributed by atoms with Gasteiger partial charge in [-0.1, -0.05) is 24.3 Å². The maximum Gasteiger partial charge on any atom is 0.244 e. The van der Waals surface area contributed by atoms with Crippen LogP contribution < -0.4 is 10.1 Å². The number of nitrogens with one attached hydrogen (secondary N) is 1. The molecule has 2 aromatic rings. The van der Waals surface area contributed by atoms with E-state index in [4.69, 9.17) is 4.74 Å². The summed E-state index contributed by atoms with van der Waals surface area (Å²) in [6.45, 7) is 2.93. The predicted octanol–water partition coefficient (Wildman–Crippen LogP) is 3.43. The van der Waals surface area contributed by atoms with Gasteiger partial charge in [0.2, 0.25) is 5.91 Å². The molecule has 7 heteroatoms. The van der Waals surface area contributed by atoms with Crippen LogP contribution in [0.25, 0.3) is 0 Å². The molecule has 4 aliphatic heterocycles. The minimum absolute atomic E-state index is 0.139. The zero-order valence-corrected chi connectivity index (χ0v) is 22.3. The summed E-state index contributed by atoms with van der Waals surface area (Å²) in [5.74, 6) is 1.93. The monoisotopic (exact) mass is 527 g/mol. The molecule has 6 fully saturated rings. The fraction of sp³-hybridized carbons (Fsp3) is 0.594.